The molecule has 3 heterocycles. The van der Waals surface area contributed by atoms with Gasteiger partial charge < -0.3 is 15.0 Å². The number of ether oxygens (including phenoxy) is 1. The third-order valence-corrected chi connectivity index (χ3v) is 8.66. The topological polar surface area (TPSA) is 81.0 Å². The summed E-state index contributed by atoms with van der Waals surface area (Å²) in [7, 11) is 0. The van der Waals surface area contributed by atoms with Crippen molar-refractivity contribution >= 4 is 29.0 Å². The Morgan fingerprint density at radius 2 is 2.00 bits per heavy atom. The zero-order valence-corrected chi connectivity index (χ0v) is 19.5. The van der Waals surface area contributed by atoms with Crippen molar-refractivity contribution in [3.8, 4) is 6.07 Å². The second-order valence-corrected chi connectivity index (χ2v) is 10.7. The number of nitrogens with one attached hydrogen (secondary N) is 1. The molecule has 0 bridgehead atoms. The van der Waals surface area contributed by atoms with Crippen LogP contribution in [-0.4, -0.2) is 55.0 Å². The highest BCUT2D eigenvalue weighted by Gasteiger charge is 2.60. The number of fused-ring (bicyclic) bond motifs is 1. The maximum atomic E-state index is 12.7. The molecule has 5 aliphatic rings. The molecule has 5 atom stereocenters. The summed E-state index contributed by atoms with van der Waals surface area (Å²) in [5.74, 6) is 3.03. The highest BCUT2D eigenvalue weighted by molar-refractivity contribution is 6.32. The number of nitriles is 1. The zero-order valence-electron chi connectivity index (χ0n) is 18.8. The Morgan fingerprint density at radius 3 is 2.67 bits per heavy atom. The van der Waals surface area contributed by atoms with Crippen LogP contribution in [0.25, 0.3) is 0 Å². The van der Waals surface area contributed by atoms with Gasteiger partial charge in [-0.3, -0.25) is 9.80 Å². The standard InChI is InChI=1S/C25H30ClN5O2/c26-21-9-18(6-5-16(21)11-27)31-22(15-3-1-2-4-15)10-23(29-31)30-12-19-20(13-30)24(19)25(32)28-17-7-8-33-14-17/h5-6,9,15,17,19-20,22,24H,1-4,7-8,10,12-14H2,(H,28,32)/t17-,19-,20+,22?,24?/m0/s1. The molecule has 6 rings (SSSR count). The average molecular weight is 468 g/mol. The monoisotopic (exact) mass is 467 g/mol. The number of halogens is 1. The predicted octanol–water partition coefficient (Wildman–Crippen LogP) is 3.38. The molecule has 0 radical (unpaired) electrons. The first-order valence-corrected chi connectivity index (χ1v) is 12.7. The minimum atomic E-state index is 0.155. The summed E-state index contributed by atoms with van der Waals surface area (Å²) in [6.45, 7) is 3.23. The second kappa shape index (κ2) is 8.48. The summed E-state index contributed by atoms with van der Waals surface area (Å²) in [6.07, 6.45) is 6.93. The molecular weight excluding hydrogens is 438 g/mol. The van der Waals surface area contributed by atoms with Gasteiger partial charge in [-0.1, -0.05) is 24.4 Å². The van der Waals surface area contributed by atoms with E-state index in [0.717, 1.165) is 44.1 Å². The van der Waals surface area contributed by atoms with Gasteiger partial charge in [0.05, 0.1) is 35.0 Å². The van der Waals surface area contributed by atoms with Gasteiger partial charge in [0.25, 0.3) is 0 Å². The number of anilines is 1. The Balaban J connectivity index is 1.15. The molecule has 1 N–H and O–H groups in total. The molecule has 7 nitrogen and oxygen atoms in total. The normalized spacial score (nSPS) is 33.2. The van der Waals surface area contributed by atoms with Crippen LogP contribution in [0.1, 0.15) is 44.1 Å². The van der Waals surface area contributed by atoms with E-state index in [1.165, 1.54) is 25.7 Å². The molecule has 2 unspecified atom stereocenters. The van der Waals surface area contributed by atoms with Gasteiger partial charge in [-0.15, -0.1) is 0 Å². The SMILES string of the molecule is N#Cc1ccc(N2N=C(N3C[C@@H]4C(C(=O)N[C@H]5CCOC5)[C@@H]4C3)CC2C2CCCC2)cc1Cl. The second-order valence-electron chi connectivity index (χ2n) is 10.3. The average Bonchev–Trinajstić information content (AvgIpc) is 3.45. The summed E-state index contributed by atoms with van der Waals surface area (Å²) < 4.78 is 5.39. The lowest BCUT2D eigenvalue weighted by Crippen LogP contribution is -2.39. The van der Waals surface area contributed by atoms with Crippen LogP contribution in [0.15, 0.2) is 23.3 Å². The summed E-state index contributed by atoms with van der Waals surface area (Å²) in [6, 6.07) is 8.31. The molecular formula is C25H30ClN5O2. The first-order chi connectivity index (χ1) is 16.1. The summed E-state index contributed by atoms with van der Waals surface area (Å²) in [5, 5.41) is 20.1. The first-order valence-electron chi connectivity index (χ1n) is 12.3. The number of amides is 1. The summed E-state index contributed by atoms with van der Waals surface area (Å²) in [4.78, 5) is 15.1. The lowest BCUT2D eigenvalue weighted by molar-refractivity contribution is -0.123. The molecule has 2 aliphatic carbocycles. The number of nitrogens with zero attached hydrogens (tertiary/aromatic N) is 4. The molecule has 0 spiro atoms. The number of amidine groups is 1. The van der Waals surface area contributed by atoms with Gasteiger partial charge in [-0.05, 0) is 55.2 Å². The lowest BCUT2D eigenvalue weighted by atomic mass is 9.94. The van der Waals surface area contributed by atoms with E-state index in [1.807, 2.05) is 12.1 Å². The van der Waals surface area contributed by atoms with Crippen LogP contribution in [0.5, 0.6) is 0 Å². The number of hydrogen-bond donors (Lipinski definition) is 1. The number of carbonyl (C=O) groups excluding carboxylic acids is 1. The predicted molar refractivity (Wildman–Crippen MR) is 126 cm³/mol. The maximum absolute atomic E-state index is 12.7. The van der Waals surface area contributed by atoms with Crippen LogP contribution in [0.4, 0.5) is 5.69 Å². The summed E-state index contributed by atoms with van der Waals surface area (Å²) in [5.41, 5.74) is 1.46. The van der Waals surface area contributed by atoms with Crippen molar-refractivity contribution in [2.24, 2.45) is 28.8 Å². The van der Waals surface area contributed by atoms with Crippen molar-refractivity contribution in [2.75, 3.05) is 31.3 Å². The molecule has 4 fully saturated rings. The van der Waals surface area contributed by atoms with Gasteiger partial charge in [-0.25, -0.2) is 0 Å². The fourth-order valence-electron chi connectivity index (χ4n) is 6.47. The Hall–Kier alpha value is -2.30. The number of carbonyl (C=O) groups is 1. The van der Waals surface area contributed by atoms with Crippen LogP contribution in [0.2, 0.25) is 5.02 Å². The summed E-state index contributed by atoms with van der Waals surface area (Å²) >= 11 is 6.36. The van der Waals surface area contributed by atoms with Crippen LogP contribution in [-0.2, 0) is 9.53 Å². The van der Waals surface area contributed by atoms with Crippen molar-refractivity contribution in [3.05, 3.63) is 28.8 Å². The van der Waals surface area contributed by atoms with Crippen molar-refractivity contribution in [2.45, 2.75) is 50.6 Å². The molecule has 33 heavy (non-hydrogen) atoms. The van der Waals surface area contributed by atoms with Crippen LogP contribution in [0, 0.1) is 35.0 Å². The van der Waals surface area contributed by atoms with Crippen LogP contribution >= 0.6 is 11.6 Å². The highest BCUT2D eigenvalue weighted by atomic mass is 35.5. The van der Waals surface area contributed by atoms with Gasteiger partial charge in [0.15, 0.2) is 0 Å². The molecule has 3 aliphatic heterocycles. The number of hydrazone groups is 1. The maximum Gasteiger partial charge on any atom is 0.224 e. The fraction of sp³-hybridized carbons (Fsp3) is 0.640. The largest absolute Gasteiger partial charge is 0.379 e. The lowest BCUT2D eigenvalue weighted by Gasteiger charge is -2.28. The van der Waals surface area contributed by atoms with Crippen molar-refractivity contribution in [3.63, 3.8) is 0 Å². The number of likely N-dealkylation sites (tertiary alicyclic amines) is 1. The first kappa shape index (κ1) is 21.2. The molecule has 1 amide bonds. The van der Waals surface area contributed by atoms with E-state index in [9.17, 15) is 10.1 Å². The number of rotatable bonds is 4. The Kier molecular flexibility index (Phi) is 5.46. The van der Waals surface area contributed by atoms with Gasteiger partial charge in [0.1, 0.15) is 11.9 Å². The van der Waals surface area contributed by atoms with Crippen molar-refractivity contribution in [1.82, 2.24) is 10.2 Å². The molecule has 8 heteroatoms. The Morgan fingerprint density at radius 1 is 1.21 bits per heavy atom. The molecule has 1 aromatic carbocycles. The van der Waals surface area contributed by atoms with E-state index < -0.39 is 0 Å². The molecule has 0 aromatic heterocycles. The van der Waals surface area contributed by atoms with E-state index >= 15 is 0 Å². The quantitative estimate of drug-likeness (QED) is 0.734. The smallest absolute Gasteiger partial charge is 0.224 e. The minimum absolute atomic E-state index is 0.155. The zero-order chi connectivity index (χ0) is 22.5. The van der Waals surface area contributed by atoms with Gasteiger partial charge >= 0.3 is 0 Å². The van der Waals surface area contributed by atoms with E-state index in [4.69, 9.17) is 21.4 Å². The van der Waals surface area contributed by atoms with E-state index in [0.29, 0.717) is 41.0 Å². The number of benzene rings is 1. The Bertz CT molecular complexity index is 999. The van der Waals surface area contributed by atoms with Gasteiger partial charge in [0.2, 0.25) is 5.91 Å². The van der Waals surface area contributed by atoms with Gasteiger partial charge in [-0.2, -0.15) is 10.4 Å². The van der Waals surface area contributed by atoms with Crippen molar-refractivity contribution < 1.29 is 9.53 Å². The molecule has 2 saturated carbocycles. The molecule has 2 saturated heterocycles. The fourth-order valence-corrected chi connectivity index (χ4v) is 6.69. The molecule has 1 aromatic rings. The van der Waals surface area contributed by atoms with Crippen LogP contribution in [0.3, 0.4) is 0 Å². The van der Waals surface area contributed by atoms with E-state index in [2.05, 4.69) is 21.3 Å². The van der Waals surface area contributed by atoms with E-state index in [-0.39, 0.29) is 17.9 Å². The van der Waals surface area contributed by atoms with E-state index in [1.54, 1.807) is 6.07 Å². The number of hydrogen-bond acceptors (Lipinski definition) is 6. The minimum Gasteiger partial charge on any atom is -0.379 e. The Labute approximate surface area is 199 Å². The number of piperidine rings is 1. The van der Waals surface area contributed by atoms with Gasteiger partial charge in [0, 0.05) is 32.0 Å². The third kappa shape index (κ3) is 3.87. The van der Waals surface area contributed by atoms with Crippen LogP contribution < -0.4 is 10.3 Å². The third-order valence-electron chi connectivity index (χ3n) is 8.35. The van der Waals surface area contributed by atoms with Crippen molar-refractivity contribution in [1.29, 1.82) is 5.26 Å². The molecule has 174 valence electrons. The highest BCUT2D eigenvalue weighted by Crippen LogP contribution is 2.52.